The lowest BCUT2D eigenvalue weighted by Crippen LogP contribution is -2.41. The van der Waals surface area contributed by atoms with Crippen molar-refractivity contribution in [2.45, 2.75) is 18.9 Å². The van der Waals surface area contributed by atoms with Crippen LogP contribution < -0.4 is 11.5 Å². The minimum absolute atomic E-state index is 0.223. The van der Waals surface area contributed by atoms with Crippen LogP contribution in [-0.2, 0) is 4.79 Å². The third-order valence-electron chi connectivity index (χ3n) is 2.31. The minimum atomic E-state index is -0.356. The molecule has 5 nitrogen and oxygen atoms in total. The first kappa shape index (κ1) is 9.85. The van der Waals surface area contributed by atoms with Gasteiger partial charge in [-0.2, -0.15) is 0 Å². The molecule has 1 saturated heterocycles. The number of nitrogens with zero attached hydrogens (tertiary/aromatic N) is 1. The largest absolute Gasteiger partial charge is 0.514 e. The van der Waals surface area contributed by atoms with Crippen LogP contribution >= 0.6 is 0 Å². The number of hydrogen-bond acceptors (Lipinski definition) is 4. The highest BCUT2D eigenvalue weighted by Crippen LogP contribution is 2.20. The maximum absolute atomic E-state index is 11.0. The van der Waals surface area contributed by atoms with Gasteiger partial charge in [0.05, 0.1) is 12.0 Å². The molecule has 0 radical (unpaired) electrons. The highest BCUT2D eigenvalue weighted by atomic mass is 16.2. The number of carbonyl (C=O) groups is 1. The second-order valence-corrected chi connectivity index (χ2v) is 3.08. The lowest BCUT2D eigenvalue weighted by atomic mass is 10.2. The van der Waals surface area contributed by atoms with Crippen LogP contribution in [0.25, 0.3) is 0 Å². The number of hydrogen-bond donors (Lipinski definition) is 3. The Balaban J connectivity index is 2.73. The van der Waals surface area contributed by atoms with Gasteiger partial charge in [0, 0.05) is 13.1 Å². The standard InChI is InChI=1S/C8H15N3O2/c9-4-6(5-12)11-3-1-2-7(11)8(10)13/h5,7,12H,1-4,9H2,(H2,10,13)/b6-5+. The summed E-state index contributed by atoms with van der Waals surface area (Å²) in [5.41, 5.74) is 11.2. The van der Waals surface area contributed by atoms with Crippen LogP contribution in [0.3, 0.4) is 0 Å². The van der Waals surface area contributed by atoms with E-state index in [1.807, 2.05) is 0 Å². The average Bonchev–Trinajstić information content (AvgIpc) is 2.55. The van der Waals surface area contributed by atoms with Crippen molar-refractivity contribution < 1.29 is 9.90 Å². The Labute approximate surface area is 77.0 Å². The number of nitrogens with two attached hydrogens (primary N) is 2. The van der Waals surface area contributed by atoms with Crippen LogP contribution in [0.1, 0.15) is 12.8 Å². The summed E-state index contributed by atoms with van der Waals surface area (Å²) in [6.45, 7) is 0.956. The second kappa shape index (κ2) is 4.13. The third kappa shape index (κ3) is 1.92. The molecule has 1 fully saturated rings. The Morgan fingerprint density at radius 2 is 2.38 bits per heavy atom. The molecule has 0 bridgehead atoms. The minimum Gasteiger partial charge on any atom is -0.514 e. The number of aliphatic hydroxyl groups is 1. The number of aliphatic hydroxyl groups excluding tert-OH is 1. The van der Waals surface area contributed by atoms with E-state index in [-0.39, 0.29) is 18.5 Å². The van der Waals surface area contributed by atoms with Gasteiger partial charge in [0.15, 0.2) is 0 Å². The van der Waals surface area contributed by atoms with Gasteiger partial charge in [-0.1, -0.05) is 0 Å². The molecule has 1 aliphatic rings. The molecule has 5 heteroatoms. The Morgan fingerprint density at radius 3 is 2.85 bits per heavy atom. The fourth-order valence-corrected chi connectivity index (χ4v) is 1.65. The second-order valence-electron chi connectivity index (χ2n) is 3.08. The van der Waals surface area contributed by atoms with Gasteiger partial charge >= 0.3 is 0 Å². The van der Waals surface area contributed by atoms with E-state index in [1.165, 1.54) is 0 Å². The van der Waals surface area contributed by atoms with E-state index in [9.17, 15) is 4.79 Å². The summed E-state index contributed by atoms with van der Waals surface area (Å²) in [5, 5.41) is 8.85. The summed E-state index contributed by atoms with van der Waals surface area (Å²) in [5.74, 6) is -0.356. The molecule has 1 atom stereocenters. The van der Waals surface area contributed by atoms with E-state index in [1.54, 1.807) is 4.90 Å². The Bertz CT molecular complexity index is 227. The summed E-state index contributed by atoms with van der Waals surface area (Å²) >= 11 is 0. The van der Waals surface area contributed by atoms with Crippen molar-refractivity contribution in [1.82, 2.24) is 4.90 Å². The molecule has 74 valence electrons. The topological polar surface area (TPSA) is 92.6 Å². The van der Waals surface area contributed by atoms with Crippen LogP contribution in [0.15, 0.2) is 12.0 Å². The quantitative estimate of drug-likeness (QED) is 0.507. The van der Waals surface area contributed by atoms with E-state index < -0.39 is 0 Å². The number of amides is 1. The first-order valence-corrected chi connectivity index (χ1v) is 4.30. The molecular weight excluding hydrogens is 170 g/mol. The lowest BCUT2D eigenvalue weighted by Gasteiger charge is -2.25. The summed E-state index contributed by atoms with van der Waals surface area (Å²) in [7, 11) is 0. The number of likely N-dealkylation sites (tertiary alicyclic amines) is 1. The predicted octanol–water partition coefficient (Wildman–Crippen LogP) is -0.706. The van der Waals surface area contributed by atoms with Crippen molar-refractivity contribution in [3.8, 4) is 0 Å². The molecule has 5 N–H and O–H groups in total. The van der Waals surface area contributed by atoms with E-state index in [0.717, 1.165) is 25.6 Å². The SMILES string of the molecule is NC/C(=C\O)N1CCCC1C(N)=O. The first-order valence-electron chi connectivity index (χ1n) is 4.30. The molecule has 1 amide bonds. The fraction of sp³-hybridized carbons (Fsp3) is 0.625. The molecule has 1 heterocycles. The van der Waals surface area contributed by atoms with Crippen molar-refractivity contribution in [1.29, 1.82) is 0 Å². The van der Waals surface area contributed by atoms with Gasteiger partial charge in [0.1, 0.15) is 6.04 Å². The third-order valence-corrected chi connectivity index (χ3v) is 2.31. The van der Waals surface area contributed by atoms with Crippen molar-refractivity contribution >= 4 is 5.91 Å². The maximum atomic E-state index is 11.0. The molecule has 1 rings (SSSR count). The van der Waals surface area contributed by atoms with Crippen molar-refractivity contribution in [3.63, 3.8) is 0 Å². The zero-order valence-electron chi connectivity index (χ0n) is 7.44. The number of carbonyl (C=O) groups excluding carboxylic acids is 1. The molecule has 0 aromatic rings. The zero-order chi connectivity index (χ0) is 9.84. The molecule has 0 aliphatic carbocycles. The molecule has 0 aromatic heterocycles. The molecular formula is C8H15N3O2. The van der Waals surface area contributed by atoms with Crippen molar-refractivity contribution in [2.24, 2.45) is 11.5 Å². The van der Waals surface area contributed by atoms with Gasteiger partial charge in [0.25, 0.3) is 0 Å². The predicted molar refractivity (Wildman–Crippen MR) is 48.7 cm³/mol. The summed E-state index contributed by atoms with van der Waals surface area (Å²) in [6, 6.07) is -0.304. The number of primary amides is 1. The van der Waals surface area contributed by atoms with Gasteiger partial charge < -0.3 is 21.5 Å². The molecule has 0 aromatic carbocycles. The fourth-order valence-electron chi connectivity index (χ4n) is 1.65. The monoisotopic (exact) mass is 185 g/mol. The average molecular weight is 185 g/mol. The Hall–Kier alpha value is -1.23. The lowest BCUT2D eigenvalue weighted by molar-refractivity contribution is -0.121. The van der Waals surface area contributed by atoms with Gasteiger partial charge in [-0.15, -0.1) is 0 Å². The van der Waals surface area contributed by atoms with Crippen molar-refractivity contribution in [2.75, 3.05) is 13.1 Å². The normalized spacial score (nSPS) is 23.6. The summed E-state index contributed by atoms with van der Waals surface area (Å²) in [6.07, 6.45) is 2.60. The maximum Gasteiger partial charge on any atom is 0.240 e. The van der Waals surface area contributed by atoms with Gasteiger partial charge in [-0.05, 0) is 12.8 Å². The Morgan fingerprint density at radius 1 is 1.69 bits per heavy atom. The van der Waals surface area contributed by atoms with E-state index in [4.69, 9.17) is 16.6 Å². The molecule has 0 saturated carbocycles. The summed E-state index contributed by atoms with van der Waals surface area (Å²) in [4.78, 5) is 12.7. The Kier molecular flexibility index (Phi) is 3.13. The smallest absolute Gasteiger partial charge is 0.240 e. The first-order chi connectivity index (χ1) is 6.20. The van der Waals surface area contributed by atoms with E-state index >= 15 is 0 Å². The van der Waals surface area contributed by atoms with Crippen LogP contribution in [0.4, 0.5) is 0 Å². The zero-order valence-corrected chi connectivity index (χ0v) is 7.44. The van der Waals surface area contributed by atoms with Crippen LogP contribution in [0.5, 0.6) is 0 Å². The molecule has 1 unspecified atom stereocenters. The molecule has 0 spiro atoms. The summed E-state index contributed by atoms with van der Waals surface area (Å²) < 4.78 is 0. The molecule has 1 aliphatic heterocycles. The van der Waals surface area contributed by atoms with E-state index in [2.05, 4.69) is 0 Å². The van der Waals surface area contributed by atoms with Crippen molar-refractivity contribution in [3.05, 3.63) is 12.0 Å². The van der Waals surface area contributed by atoms with Crippen LogP contribution in [-0.4, -0.2) is 35.0 Å². The van der Waals surface area contributed by atoms with E-state index in [0.29, 0.717) is 5.70 Å². The van der Waals surface area contributed by atoms with Gasteiger partial charge in [0.2, 0.25) is 5.91 Å². The van der Waals surface area contributed by atoms with Crippen LogP contribution in [0.2, 0.25) is 0 Å². The van der Waals surface area contributed by atoms with Gasteiger partial charge in [-0.3, -0.25) is 4.79 Å². The number of rotatable bonds is 3. The van der Waals surface area contributed by atoms with Gasteiger partial charge in [-0.25, -0.2) is 0 Å². The molecule has 13 heavy (non-hydrogen) atoms. The highest BCUT2D eigenvalue weighted by Gasteiger charge is 2.29. The van der Waals surface area contributed by atoms with Crippen LogP contribution in [0, 0.1) is 0 Å². The highest BCUT2D eigenvalue weighted by molar-refractivity contribution is 5.80.